The second kappa shape index (κ2) is 7.43. The smallest absolute Gasteiger partial charge is 0.350 e. The van der Waals surface area contributed by atoms with Gasteiger partial charge in [-0.25, -0.2) is 9.18 Å². The number of halogens is 1. The highest BCUT2D eigenvalue weighted by atomic mass is 19.1. The molecule has 1 aromatic heterocycles. The Bertz CT molecular complexity index is 1160. The lowest BCUT2D eigenvalue weighted by Gasteiger charge is -2.28. The lowest BCUT2D eigenvalue weighted by atomic mass is 9.90. The fourth-order valence-corrected chi connectivity index (χ4v) is 4.61. The monoisotopic (exact) mass is 414 g/mol. The number of hydrogen-bond acceptors (Lipinski definition) is 6. The van der Waals surface area contributed by atoms with Gasteiger partial charge < -0.3 is 16.1 Å². The minimum Gasteiger partial charge on any atom is -0.368 e. The van der Waals surface area contributed by atoms with Crippen LogP contribution in [0.25, 0.3) is 10.9 Å². The van der Waals surface area contributed by atoms with E-state index in [1.165, 1.54) is 6.07 Å². The number of anilines is 1. The normalized spacial score (nSPS) is 21.3. The molecule has 2 aliphatic rings. The van der Waals surface area contributed by atoms with Gasteiger partial charge in [-0.3, -0.25) is 9.36 Å². The van der Waals surface area contributed by atoms with Crippen LogP contribution in [0.4, 0.5) is 10.1 Å². The molecule has 1 atom stereocenters. The third kappa shape index (κ3) is 3.35. The van der Waals surface area contributed by atoms with Crippen LogP contribution in [-0.2, 0) is 0 Å². The third-order valence-corrected chi connectivity index (χ3v) is 6.32. The molecule has 1 unspecified atom stereocenters. The Labute approximate surface area is 173 Å². The van der Waals surface area contributed by atoms with E-state index in [-0.39, 0.29) is 16.8 Å². The largest absolute Gasteiger partial charge is 0.368 e. The Balaban J connectivity index is 1.75. The van der Waals surface area contributed by atoms with Crippen LogP contribution in [0.1, 0.15) is 44.2 Å². The maximum Gasteiger partial charge on any atom is 0.350 e. The zero-order chi connectivity index (χ0) is 21.6. The summed E-state index contributed by atoms with van der Waals surface area (Å²) in [5.41, 5.74) is 0.267. The second-order valence-electron chi connectivity index (χ2n) is 8.85. The fraction of sp³-hybridized carbons (Fsp3) is 0.571. The van der Waals surface area contributed by atoms with Crippen LogP contribution in [0.15, 0.2) is 15.7 Å². The molecular formula is C21H27FN6O2. The second-order valence-corrected chi connectivity index (χ2v) is 8.85. The maximum atomic E-state index is 15.2. The number of fused-ring (bicyclic) bond motifs is 1. The molecular weight excluding hydrogens is 387 g/mol. The van der Waals surface area contributed by atoms with Crippen LogP contribution in [0.3, 0.4) is 0 Å². The lowest BCUT2D eigenvalue weighted by Crippen LogP contribution is -2.44. The van der Waals surface area contributed by atoms with Crippen molar-refractivity contribution in [1.82, 2.24) is 14.6 Å². The van der Waals surface area contributed by atoms with Crippen molar-refractivity contribution >= 4 is 16.6 Å². The Morgan fingerprint density at radius 3 is 2.80 bits per heavy atom. The first-order valence-corrected chi connectivity index (χ1v) is 10.4. The number of hydrogen-bond donors (Lipinski definition) is 2. The van der Waals surface area contributed by atoms with Crippen LogP contribution in [-0.4, -0.2) is 35.4 Å². The first-order valence-electron chi connectivity index (χ1n) is 10.4. The van der Waals surface area contributed by atoms with Crippen LogP contribution < -0.4 is 27.3 Å². The molecule has 30 heavy (non-hydrogen) atoms. The van der Waals surface area contributed by atoms with E-state index in [4.69, 9.17) is 11.1 Å². The number of nitrogens with zero attached hydrogens (tertiary/aromatic N) is 4. The van der Waals surface area contributed by atoms with Crippen molar-refractivity contribution in [2.75, 3.05) is 36.9 Å². The zero-order valence-corrected chi connectivity index (χ0v) is 17.4. The molecule has 9 heteroatoms. The van der Waals surface area contributed by atoms with Crippen molar-refractivity contribution in [3.63, 3.8) is 0 Å². The molecule has 0 spiro atoms. The molecule has 0 bridgehead atoms. The first-order chi connectivity index (χ1) is 14.3. The zero-order valence-electron chi connectivity index (χ0n) is 17.4. The molecule has 1 saturated carbocycles. The van der Waals surface area contributed by atoms with E-state index >= 15 is 4.39 Å². The molecule has 8 nitrogen and oxygen atoms in total. The number of aromatic nitrogens is 2. The lowest BCUT2D eigenvalue weighted by molar-refractivity contribution is 0.345. The average molecular weight is 414 g/mol. The highest BCUT2D eigenvalue weighted by Gasteiger charge is 2.36. The van der Waals surface area contributed by atoms with Gasteiger partial charge in [-0.15, -0.1) is 0 Å². The number of benzene rings is 1. The number of rotatable bonds is 6. The average Bonchev–Trinajstić information content (AvgIpc) is 3.47. The highest BCUT2D eigenvalue weighted by Crippen LogP contribution is 2.40. The summed E-state index contributed by atoms with van der Waals surface area (Å²) in [6.45, 7) is 6.63. The number of aryl methyl sites for hydroxylation is 1. The van der Waals surface area contributed by atoms with Crippen molar-refractivity contribution in [1.29, 1.82) is 5.26 Å². The van der Waals surface area contributed by atoms with Gasteiger partial charge in [0.1, 0.15) is 5.82 Å². The Morgan fingerprint density at radius 2 is 2.13 bits per heavy atom. The Kier molecular flexibility index (Phi) is 5.06. The standard InChI is InChI=1S/C21H27FN6O2/c1-13-17-15(19(29)28(24)20(30)27(17)14-4-5-14)10-16(22)18(13)26-9-6-21(2,12-26)11-25-8-3-7-23/h10,14,25H,3-6,8-9,11-12,24H2,1-2H3. The molecule has 0 radical (unpaired) electrons. The van der Waals surface area contributed by atoms with Gasteiger partial charge in [0.25, 0.3) is 5.56 Å². The van der Waals surface area contributed by atoms with Gasteiger partial charge in [0.15, 0.2) is 0 Å². The van der Waals surface area contributed by atoms with Gasteiger partial charge in [-0.2, -0.15) is 9.94 Å². The van der Waals surface area contributed by atoms with Crippen molar-refractivity contribution in [3.05, 3.63) is 38.3 Å². The van der Waals surface area contributed by atoms with Crippen molar-refractivity contribution in [3.8, 4) is 6.07 Å². The number of nitrogens with one attached hydrogen (secondary N) is 1. The molecule has 1 aliphatic heterocycles. The van der Waals surface area contributed by atoms with E-state index in [0.29, 0.717) is 47.5 Å². The molecule has 4 rings (SSSR count). The topological polar surface area (TPSA) is 109 Å². The van der Waals surface area contributed by atoms with Gasteiger partial charge in [0.05, 0.1) is 22.7 Å². The first kappa shape index (κ1) is 20.4. The number of nitrogen functional groups attached to an aromatic ring is 1. The van der Waals surface area contributed by atoms with Gasteiger partial charge in [0, 0.05) is 44.2 Å². The predicted octanol–water partition coefficient (Wildman–Crippen LogP) is 1.38. The molecule has 1 aromatic carbocycles. The summed E-state index contributed by atoms with van der Waals surface area (Å²) in [6, 6.07) is 3.34. The quantitative estimate of drug-likeness (QED) is 0.546. The Morgan fingerprint density at radius 1 is 1.40 bits per heavy atom. The van der Waals surface area contributed by atoms with Gasteiger partial charge in [-0.05, 0) is 37.7 Å². The summed E-state index contributed by atoms with van der Waals surface area (Å²) in [6.07, 6.45) is 3.02. The van der Waals surface area contributed by atoms with Crippen LogP contribution in [0.2, 0.25) is 0 Å². The van der Waals surface area contributed by atoms with E-state index in [1.54, 1.807) is 11.5 Å². The number of nitriles is 1. The summed E-state index contributed by atoms with van der Waals surface area (Å²) < 4.78 is 17.4. The van der Waals surface area contributed by atoms with Crippen molar-refractivity contribution in [2.24, 2.45) is 5.41 Å². The Hall–Kier alpha value is -2.86. The minimum atomic E-state index is -0.673. The molecule has 2 aromatic rings. The third-order valence-electron chi connectivity index (χ3n) is 6.32. The summed E-state index contributed by atoms with van der Waals surface area (Å²) in [7, 11) is 0. The van der Waals surface area contributed by atoms with Crippen molar-refractivity contribution in [2.45, 2.75) is 45.6 Å². The van der Waals surface area contributed by atoms with Crippen molar-refractivity contribution < 1.29 is 4.39 Å². The maximum absolute atomic E-state index is 15.2. The van der Waals surface area contributed by atoms with Gasteiger partial charge >= 0.3 is 5.69 Å². The number of nitrogens with two attached hydrogens (primary N) is 1. The predicted molar refractivity (Wildman–Crippen MR) is 114 cm³/mol. The molecule has 160 valence electrons. The molecule has 1 aliphatic carbocycles. The van der Waals surface area contributed by atoms with Crippen LogP contribution in [0.5, 0.6) is 0 Å². The SMILES string of the molecule is Cc1c(N2CCC(C)(CNCCC#N)C2)c(F)cc2c(=O)n(N)c(=O)n(C3CC3)c12. The van der Waals surface area contributed by atoms with Crippen LogP contribution >= 0.6 is 0 Å². The summed E-state index contributed by atoms with van der Waals surface area (Å²) >= 11 is 0. The molecule has 2 fully saturated rings. The van der Waals surface area contributed by atoms with E-state index in [2.05, 4.69) is 18.3 Å². The van der Waals surface area contributed by atoms with E-state index < -0.39 is 17.1 Å². The molecule has 2 heterocycles. The van der Waals surface area contributed by atoms with Gasteiger partial charge in [0.2, 0.25) is 0 Å². The molecule has 1 saturated heterocycles. The minimum absolute atomic E-state index is 0.000546. The van der Waals surface area contributed by atoms with Gasteiger partial charge in [-0.1, -0.05) is 6.92 Å². The van der Waals surface area contributed by atoms with Crippen LogP contribution in [0, 0.1) is 29.5 Å². The summed E-state index contributed by atoms with van der Waals surface area (Å²) in [5.74, 6) is 5.22. The van der Waals surface area contributed by atoms with E-state index in [0.717, 1.165) is 25.8 Å². The summed E-state index contributed by atoms with van der Waals surface area (Å²) in [4.78, 5) is 27.3. The highest BCUT2D eigenvalue weighted by molar-refractivity contribution is 5.87. The fourth-order valence-electron chi connectivity index (χ4n) is 4.61. The van der Waals surface area contributed by atoms with E-state index in [9.17, 15) is 9.59 Å². The molecule has 3 N–H and O–H groups in total. The van der Waals surface area contributed by atoms with E-state index in [1.807, 2.05) is 4.90 Å². The molecule has 0 amide bonds. The summed E-state index contributed by atoms with van der Waals surface area (Å²) in [5, 5.41) is 12.1.